The van der Waals surface area contributed by atoms with Crippen molar-refractivity contribution in [2.24, 2.45) is 0 Å². The molecule has 2 saturated heterocycles. The molecular weight excluding hydrogens is 491 g/mol. The van der Waals surface area contributed by atoms with Gasteiger partial charge in [0.1, 0.15) is 5.82 Å². The van der Waals surface area contributed by atoms with Gasteiger partial charge < -0.3 is 10.2 Å². The number of nitrogens with one attached hydrogen (secondary N) is 1. The van der Waals surface area contributed by atoms with Gasteiger partial charge in [0.05, 0.1) is 4.90 Å². The molecular formula is C25H34ClFN4O3S. The standard InChI is InChI=1S/C25H33FN4O3S.ClH/c1-34(32,33)24-9-3-2-6-20(24)19-28-14-10-23(11-15-28)29-12-5-13-30(17-16-29)25(31)27-22-8-4-7-21(26)18-22;/h2-4,6-9,18,23H,5,10-17,19H2,1H3,(H,27,31);1H. The number of rotatable bonds is 5. The van der Waals surface area contributed by atoms with Crippen LogP contribution in [-0.2, 0) is 16.4 Å². The van der Waals surface area contributed by atoms with E-state index in [0.29, 0.717) is 36.3 Å². The molecule has 2 fully saturated rings. The van der Waals surface area contributed by atoms with Crippen molar-refractivity contribution in [3.8, 4) is 0 Å². The Balaban J connectivity index is 0.00000342. The van der Waals surface area contributed by atoms with Crippen LogP contribution in [0.2, 0.25) is 0 Å². The minimum atomic E-state index is -3.24. The number of anilines is 1. The van der Waals surface area contributed by atoms with Gasteiger partial charge in [-0.25, -0.2) is 17.6 Å². The molecule has 0 atom stereocenters. The predicted molar refractivity (Wildman–Crippen MR) is 138 cm³/mol. The lowest BCUT2D eigenvalue weighted by Crippen LogP contribution is -2.46. The normalized spacial score (nSPS) is 18.5. The summed E-state index contributed by atoms with van der Waals surface area (Å²) < 4.78 is 37.6. The molecule has 192 valence electrons. The Morgan fingerprint density at radius 1 is 1.00 bits per heavy atom. The van der Waals surface area contributed by atoms with E-state index >= 15 is 0 Å². The summed E-state index contributed by atoms with van der Waals surface area (Å²) in [6.45, 7) is 5.57. The van der Waals surface area contributed by atoms with Crippen LogP contribution in [0.1, 0.15) is 24.8 Å². The minimum Gasteiger partial charge on any atom is -0.323 e. The molecule has 2 aromatic carbocycles. The zero-order chi connectivity index (χ0) is 24.1. The van der Waals surface area contributed by atoms with Crippen LogP contribution in [0.5, 0.6) is 0 Å². The summed E-state index contributed by atoms with van der Waals surface area (Å²) in [6, 6.07) is 13.5. The maximum Gasteiger partial charge on any atom is 0.321 e. The molecule has 0 bridgehead atoms. The monoisotopic (exact) mass is 524 g/mol. The van der Waals surface area contributed by atoms with E-state index in [4.69, 9.17) is 0 Å². The van der Waals surface area contributed by atoms with E-state index in [1.165, 1.54) is 18.4 Å². The predicted octanol–water partition coefficient (Wildman–Crippen LogP) is 3.86. The van der Waals surface area contributed by atoms with Gasteiger partial charge in [-0.1, -0.05) is 24.3 Å². The second-order valence-corrected chi connectivity index (χ2v) is 11.2. The van der Waals surface area contributed by atoms with E-state index in [9.17, 15) is 17.6 Å². The Hall–Kier alpha value is -2.20. The van der Waals surface area contributed by atoms with Gasteiger partial charge in [0.25, 0.3) is 0 Å². The summed E-state index contributed by atoms with van der Waals surface area (Å²) >= 11 is 0. The fourth-order valence-corrected chi connectivity index (χ4v) is 5.89. The number of piperidine rings is 1. The van der Waals surface area contributed by atoms with E-state index in [-0.39, 0.29) is 24.3 Å². The van der Waals surface area contributed by atoms with E-state index in [2.05, 4.69) is 15.1 Å². The highest BCUT2D eigenvalue weighted by molar-refractivity contribution is 7.90. The summed E-state index contributed by atoms with van der Waals surface area (Å²) in [5.41, 5.74) is 1.33. The molecule has 0 saturated carbocycles. The maximum absolute atomic E-state index is 13.4. The number of hydrogen-bond donors (Lipinski definition) is 1. The molecule has 0 aliphatic carbocycles. The molecule has 0 radical (unpaired) electrons. The molecule has 0 spiro atoms. The van der Waals surface area contributed by atoms with Crippen molar-refractivity contribution in [1.82, 2.24) is 14.7 Å². The summed E-state index contributed by atoms with van der Waals surface area (Å²) in [5.74, 6) is -0.369. The molecule has 4 rings (SSSR count). The van der Waals surface area contributed by atoms with Gasteiger partial charge in [0.15, 0.2) is 9.84 Å². The van der Waals surface area contributed by atoms with Crippen molar-refractivity contribution < 1.29 is 17.6 Å². The van der Waals surface area contributed by atoms with Crippen molar-refractivity contribution in [3.63, 3.8) is 0 Å². The lowest BCUT2D eigenvalue weighted by Gasteiger charge is -2.38. The average molecular weight is 525 g/mol. The Bertz CT molecular complexity index is 1110. The highest BCUT2D eigenvalue weighted by Gasteiger charge is 2.28. The SMILES string of the molecule is CS(=O)(=O)c1ccccc1CN1CCC(N2CCCN(C(=O)Nc3cccc(F)c3)CC2)CC1.Cl. The summed E-state index contributed by atoms with van der Waals surface area (Å²) in [4.78, 5) is 19.7. The van der Waals surface area contributed by atoms with Gasteiger partial charge in [0, 0.05) is 50.7 Å². The summed E-state index contributed by atoms with van der Waals surface area (Å²) in [6.07, 6.45) is 4.21. The molecule has 7 nitrogen and oxygen atoms in total. The van der Waals surface area contributed by atoms with Crippen LogP contribution in [0.25, 0.3) is 0 Å². The van der Waals surface area contributed by atoms with Crippen molar-refractivity contribution in [1.29, 1.82) is 0 Å². The van der Waals surface area contributed by atoms with Gasteiger partial charge >= 0.3 is 6.03 Å². The van der Waals surface area contributed by atoms with Crippen LogP contribution in [0, 0.1) is 5.82 Å². The lowest BCUT2D eigenvalue weighted by atomic mass is 10.0. The molecule has 2 amide bonds. The van der Waals surface area contributed by atoms with Gasteiger partial charge in [0.2, 0.25) is 0 Å². The summed E-state index contributed by atoms with van der Waals surface area (Å²) in [7, 11) is -3.24. The number of likely N-dealkylation sites (tertiary alicyclic amines) is 1. The number of hydrogen-bond acceptors (Lipinski definition) is 5. The number of nitrogens with zero attached hydrogens (tertiary/aromatic N) is 3. The van der Waals surface area contributed by atoms with Crippen molar-refractivity contribution in [2.75, 3.05) is 50.8 Å². The van der Waals surface area contributed by atoms with Crippen LogP contribution in [0.15, 0.2) is 53.4 Å². The van der Waals surface area contributed by atoms with E-state index in [1.807, 2.05) is 17.0 Å². The summed E-state index contributed by atoms with van der Waals surface area (Å²) in [5, 5.41) is 2.80. The van der Waals surface area contributed by atoms with E-state index in [0.717, 1.165) is 51.0 Å². The lowest BCUT2D eigenvalue weighted by molar-refractivity contribution is 0.107. The minimum absolute atomic E-state index is 0. The van der Waals surface area contributed by atoms with Crippen LogP contribution in [0.4, 0.5) is 14.9 Å². The maximum atomic E-state index is 13.4. The molecule has 2 heterocycles. The van der Waals surface area contributed by atoms with Crippen molar-refractivity contribution in [2.45, 2.75) is 36.7 Å². The third-order valence-electron chi connectivity index (χ3n) is 6.73. The number of halogens is 2. The zero-order valence-electron chi connectivity index (χ0n) is 20.0. The Labute approximate surface area is 213 Å². The molecule has 0 aromatic heterocycles. The first-order valence-corrected chi connectivity index (χ1v) is 13.7. The molecule has 0 unspecified atom stereocenters. The number of benzene rings is 2. The molecule has 2 aliphatic heterocycles. The molecule has 1 N–H and O–H groups in total. The zero-order valence-corrected chi connectivity index (χ0v) is 21.7. The van der Waals surface area contributed by atoms with Crippen LogP contribution in [-0.4, -0.2) is 80.7 Å². The number of sulfone groups is 1. The highest BCUT2D eigenvalue weighted by atomic mass is 35.5. The van der Waals surface area contributed by atoms with Crippen LogP contribution >= 0.6 is 12.4 Å². The largest absolute Gasteiger partial charge is 0.323 e. The number of carbonyl (C=O) groups excluding carboxylic acids is 1. The first-order chi connectivity index (χ1) is 16.3. The average Bonchev–Trinajstić information content (AvgIpc) is 3.06. The quantitative estimate of drug-likeness (QED) is 0.643. The van der Waals surface area contributed by atoms with E-state index < -0.39 is 9.84 Å². The number of urea groups is 1. The Morgan fingerprint density at radius 3 is 2.46 bits per heavy atom. The van der Waals surface area contributed by atoms with Crippen LogP contribution < -0.4 is 5.32 Å². The van der Waals surface area contributed by atoms with Gasteiger partial charge in [-0.2, -0.15) is 0 Å². The smallest absolute Gasteiger partial charge is 0.321 e. The topological polar surface area (TPSA) is 73.0 Å². The first kappa shape index (κ1) is 27.4. The van der Waals surface area contributed by atoms with Crippen molar-refractivity contribution >= 4 is 34.0 Å². The second kappa shape index (κ2) is 12.2. The molecule has 2 aromatic rings. The first-order valence-electron chi connectivity index (χ1n) is 11.9. The highest BCUT2D eigenvalue weighted by Crippen LogP contribution is 2.23. The molecule has 2 aliphatic rings. The Kier molecular flexibility index (Phi) is 9.52. The van der Waals surface area contributed by atoms with Gasteiger partial charge in [-0.05, 0) is 62.2 Å². The molecule has 10 heteroatoms. The second-order valence-electron chi connectivity index (χ2n) is 9.20. The van der Waals surface area contributed by atoms with Crippen molar-refractivity contribution in [3.05, 3.63) is 59.9 Å². The van der Waals surface area contributed by atoms with E-state index in [1.54, 1.807) is 24.3 Å². The number of amides is 2. The van der Waals surface area contributed by atoms with Gasteiger partial charge in [-0.15, -0.1) is 12.4 Å². The fourth-order valence-electron chi connectivity index (χ4n) is 4.95. The third-order valence-corrected chi connectivity index (χ3v) is 7.93. The van der Waals surface area contributed by atoms with Gasteiger partial charge in [-0.3, -0.25) is 9.80 Å². The third kappa shape index (κ3) is 7.39. The molecule has 35 heavy (non-hydrogen) atoms. The number of carbonyl (C=O) groups is 1. The fraction of sp³-hybridized carbons (Fsp3) is 0.480. The van der Waals surface area contributed by atoms with Crippen LogP contribution in [0.3, 0.4) is 0 Å². The Morgan fingerprint density at radius 2 is 1.74 bits per heavy atom.